The molecule has 0 bridgehead atoms. The minimum absolute atomic E-state index is 0.229. The molecule has 4 rings (SSSR count). The Labute approximate surface area is 170 Å². The number of nitrogens with zero attached hydrogens (tertiary/aromatic N) is 2. The van der Waals surface area contributed by atoms with Crippen molar-refractivity contribution in [2.45, 2.75) is 30.6 Å². The molecule has 7 heteroatoms. The SMILES string of the molecule is O=C(Nc1cccc2cnccc12)c1ccc(S(=O)(=O)N2CCCCCC2)cc1. The molecule has 1 aliphatic heterocycles. The number of carbonyl (C=O) groups excluding carboxylic acids is 1. The third-order valence-corrected chi connectivity index (χ3v) is 7.16. The van der Waals surface area contributed by atoms with Crippen LogP contribution in [0.15, 0.2) is 65.8 Å². The molecule has 0 radical (unpaired) electrons. The highest BCUT2D eigenvalue weighted by Gasteiger charge is 2.25. The lowest BCUT2D eigenvalue weighted by atomic mass is 10.1. The Morgan fingerprint density at radius 3 is 2.38 bits per heavy atom. The van der Waals surface area contributed by atoms with Gasteiger partial charge in [0.2, 0.25) is 10.0 Å². The van der Waals surface area contributed by atoms with Crippen molar-refractivity contribution in [1.29, 1.82) is 0 Å². The van der Waals surface area contributed by atoms with Crippen molar-refractivity contribution in [3.8, 4) is 0 Å². The van der Waals surface area contributed by atoms with Gasteiger partial charge in [0.15, 0.2) is 0 Å². The molecule has 3 aromatic rings. The van der Waals surface area contributed by atoms with Gasteiger partial charge in [0, 0.05) is 47.5 Å². The first-order chi connectivity index (χ1) is 14.1. The zero-order valence-corrected chi connectivity index (χ0v) is 16.9. The molecule has 1 saturated heterocycles. The lowest BCUT2D eigenvalue weighted by Crippen LogP contribution is -2.31. The largest absolute Gasteiger partial charge is 0.321 e. The summed E-state index contributed by atoms with van der Waals surface area (Å²) >= 11 is 0. The summed E-state index contributed by atoms with van der Waals surface area (Å²) in [4.78, 5) is 17.0. The molecule has 0 unspecified atom stereocenters. The summed E-state index contributed by atoms with van der Waals surface area (Å²) in [6.45, 7) is 1.11. The van der Waals surface area contributed by atoms with E-state index in [1.807, 2.05) is 24.3 Å². The van der Waals surface area contributed by atoms with Gasteiger partial charge in [0.1, 0.15) is 0 Å². The van der Waals surface area contributed by atoms with E-state index >= 15 is 0 Å². The molecule has 0 atom stereocenters. The number of anilines is 1. The quantitative estimate of drug-likeness (QED) is 0.705. The summed E-state index contributed by atoms with van der Waals surface area (Å²) in [6.07, 6.45) is 7.33. The Kier molecular flexibility index (Phi) is 5.60. The maximum atomic E-state index is 12.9. The number of carbonyl (C=O) groups is 1. The van der Waals surface area contributed by atoms with Crippen molar-refractivity contribution in [3.63, 3.8) is 0 Å². The fraction of sp³-hybridized carbons (Fsp3) is 0.273. The lowest BCUT2D eigenvalue weighted by Gasteiger charge is -2.20. The minimum Gasteiger partial charge on any atom is -0.321 e. The van der Waals surface area contributed by atoms with Crippen LogP contribution in [0.3, 0.4) is 0 Å². The van der Waals surface area contributed by atoms with Crippen molar-refractivity contribution in [2.75, 3.05) is 18.4 Å². The second kappa shape index (κ2) is 8.31. The Morgan fingerprint density at radius 1 is 0.931 bits per heavy atom. The van der Waals surface area contributed by atoms with E-state index < -0.39 is 10.0 Å². The van der Waals surface area contributed by atoms with Gasteiger partial charge in [0.25, 0.3) is 5.91 Å². The van der Waals surface area contributed by atoms with E-state index in [9.17, 15) is 13.2 Å². The van der Waals surface area contributed by atoms with E-state index in [1.165, 1.54) is 12.1 Å². The standard InChI is InChI=1S/C22H23N3O3S/c26-22(24-21-7-5-6-18-16-23-13-12-20(18)21)17-8-10-19(11-9-17)29(27,28)25-14-3-1-2-4-15-25/h5-13,16H,1-4,14-15H2,(H,24,26). The predicted octanol–water partition coefficient (Wildman–Crippen LogP) is 4.05. The Balaban J connectivity index is 1.53. The van der Waals surface area contributed by atoms with Gasteiger partial charge < -0.3 is 5.32 Å². The average molecular weight is 410 g/mol. The number of amides is 1. The first-order valence-corrected chi connectivity index (χ1v) is 11.2. The maximum absolute atomic E-state index is 12.9. The number of rotatable bonds is 4. The van der Waals surface area contributed by atoms with Crippen LogP contribution in [-0.4, -0.2) is 36.7 Å². The van der Waals surface area contributed by atoms with Gasteiger partial charge in [-0.2, -0.15) is 4.31 Å². The predicted molar refractivity (Wildman–Crippen MR) is 113 cm³/mol. The normalized spacial score (nSPS) is 15.7. The first kappa shape index (κ1) is 19.5. The molecule has 0 aliphatic carbocycles. The number of hydrogen-bond donors (Lipinski definition) is 1. The average Bonchev–Trinajstić information content (AvgIpc) is 3.04. The van der Waals surface area contributed by atoms with Crippen LogP contribution >= 0.6 is 0 Å². The van der Waals surface area contributed by atoms with Crippen molar-refractivity contribution < 1.29 is 13.2 Å². The number of benzene rings is 2. The number of hydrogen-bond acceptors (Lipinski definition) is 4. The Morgan fingerprint density at radius 2 is 1.66 bits per heavy atom. The fourth-order valence-electron chi connectivity index (χ4n) is 3.64. The Hall–Kier alpha value is -2.77. The van der Waals surface area contributed by atoms with Gasteiger partial charge >= 0.3 is 0 Å². The van der Waals surface area contributed by atoms with Gasteiger partial charge in [-0.1, -0.05) is 25.0 Å². The van der Waals surface area contributed by atoms with Crippen LogP contribution in [0.5, 0.6) is 0 Å². The molecule has 1 amide bonds. The topological polar surface area (TPSA) is 79.4 Å². The minimum atomic E-state index is -3.52. The molecule has 0 spiro atoms. The highest BCUT2D eigenvalue weighted by atomic mass is 32.2. The summed E-state index contributed by atoms with van der Waals surface area (Å²) in [6, 6.07) is 13.6. The van der Waals surface area contributed by atoms with Gasteiger partial charge in [-0.25, -0.2) is 8.42 Å². The Bertz CT molecular complexity index is 1110. The van der Waals surface area contributed by atoms with Crippen molar-refractivity contribution in [2.24, 2.45) is 0 Å². The number of aromatic nitrogens is 1. The van der Waals surface area contributed by atoms with Gasteiger partial charge in [-0.05, 0) is 49.2 Å². The lowest BCUT2D eigenvalue weighted by molar-refractivity contribution is 0.102. The highest BCUT2D eigenvalue weighted by Crippen LogP contribution is 2.24. The van der Waals surface area contributed by atoms with Gasteiger partial charge in [0.05, 0.1) is 4.90 Å². The summed E-state index contributed by atoms with van der Waals surface area (Å²) in [7, 11) is -3.52. The fourth-order valence-corrected chi connectivity index (χ4v) is 5.15. The molecule has 1 N–H and O–H groups in total. The molecular formula is C22H23N3O3S. The van der Waals surface area contributed by atoms with Crippen molar-refractivity contribution >= 4 is 32.4 Å². The summed E-state index contributed by atoms with van der Waals surface area (Å²) in [5, 5.41) is 4.74. The van der Waals surface area contributed by atoms with Crippen LogP contribution in [-0.2, 0) is 10.0 Å². The molecule has 1 aromatic heterocycles. The van der Waals surface area contributed by atoms with Crippen LogP contribution in [0.4, 0.5) is 5.69 Å². The summed E-state index contributed by atoms with van der Waals surface area (Å²) in [5.74, 6) is -0.284. The molecule has 29 heavy (non-hydrogen) atoms. The smallest absolute Gasteiger partial charge is 0.255 e. The third kappa shape index (κ3) is 4.16. The molecule has 1 fully saturated rings. The van der Waals surface area contributed by atoms with Crippen LogP contribution in [0.25, 0.3) is 10.8 Å². The second-order valence-electron chi connectivity index (χ2n) is 7.20. The van der Waals surface area contributed by atoms with Crippen LogP contribution in [0.2, 0.25) is 0 Å². The molecule has 150 valence electrons. The third-order valence-electron chi connectivity index (χ3n) is 5.25. The second-order valence-corrected chi connectivity index (χ2v) is 9.14. The number of sulfonamides is 1. The first-order valence-electron chi connectivity index (χ1n) is 9.80. The summed E-state index contributed by atoms with van der Waals surface area (Å²) in [5.41, 5.74) is 1.10. The van der Waals surface area contributed by atoms with Crippen molar-refractivity contribution in [3.05, 3.63) is 66.5 Å². The van der Waals surface area contributed by atoms with E-state index in [4.69, 9.17) is 0 Å². The van der Waals surface area contributed by atoms with Crippen LogP contribution in [0, 0.1) is 0 Å². The molecular weight excluding hydrogens is 386 g/mol. The molecule has 6 nitrogen and oxygen atoms in total. The van der Waals surface area contributed by atoms with E-state index in [2.05, 4.69) is 10.3 Å². The highest BCUT2D eigenvalue weighted by molar-refractivity contribution is 7.89. The van der Waals surface area contributed by atoms with Gasteiger partial charge in [-0.15, -0.1) is 0 Å². The molecule has 2 aromatic carbocycles. The van der Waals surface area contributed by atoms with E-state index in [0.717, 1.165) is 36.5 Å². The molecule has 0 saturated carbocycles. The van der Waals surface area contributed by atoms with Crippen LogP contribution < -0.4 is 5.32 Å². The van der Waals surface area contributed by atoms with E-state index in [0.29, 0.717) is 24.3 Å². The number of fused-ring (bicyclic) bond motifs is 1. The number of pyridine rings is 1. The maximum Gasteiger partial charge on any atom is 0.255 e. The monoisotopic (exact) mass is 409 g/mol. The van der Waals surface area contributed by atoms with Gasteiger partial charge in [-0.3, -0.25) is 9.78 Å². The number of nitrogens with one attached hydrogen (secondary N) is 1. The summed E-state index contributed by atoms with van der Waals surface area (Å²) < 4.78 is 27.3. The van der Waals surface area contributed by atoms with E-state index in [1.54, 1.807) is 28.8 Å². The molecule has 2 heterocycles. The zero-order valence-electron chi connectivity index (χ0n) is 16.0. The molecule has 1 aliphatic rings. The van der Waals surface area contributed by atoms with Crippen molar-refractivity contribution in [1.82, 2.24) is 9.29 Å². The van der Waals surface area contributed by atoms with E-state index in [-0.39, 0.29) is 10.8 Å². The zero-order chi connectivity index (χ0) is 20.3. The van der Waals surface area contributed by atoms with Crippen LogP contribution in [0.1, 0.15) is 36.0 Å².